The lowest BCUT2D eigenvalue weighted by atomic mass is 10.0. The highest BCUT2D eigenvalue weighted by molar-refractivity contribution is 5.97. The van der Waals surface area contributed by atoms with Crippen molar-refractivity contribution in [3.05, 3.63) is 39.9 Å². The Kier molecular flexibility index (Phi) is 5.12. The third kappa shape index (κ3) is 3.86. The lowest BCUT2D eigenvalue weighted by Crippen LogP contribution is -2.41. The standard InChI is InChI=1S/C15H19N5O4/c1-8(2)6-11(15(23)24)17-14(22)10-7-16-20(9(10)3)12-4-5-13(21)19-18-12/h4-5,7-8,11H,6H2,1-3H3,(H,17,22)(H,19,21)(H,23,24)/t11-/m1/s1. The average Bonchev–Trinajstić information content (AvgIpc) is 2.88. The monoisotopic (exact) mass is 333 g/mol. The van der Waals surface area contributed by atoms with E-state index in [0.717, 1.165) is 0 Å². The van der Waals surface area contributed by atoms with Gasteiger partial charge in [-0.05, 0) is 25.3 Å². The van der Waals surface area contributed by atoms with Crippen molar-refractivity contribution in [2.75, 3.05) is 0 Å². The highest BCUT2D eigenvalue weighted by Gasteiger charge is 2.24. The van der Waals surface area contributed by atoms with E-state index in [2.05, 4.69) is 20.6 Å². The number of rotatable bonds is 6. The summed E-state index contributed by atoms with van der Waals surface area (Å²) in [4.78, 5) is 34.7. The first-order valence-electron chi connectivity index (χ1n) is 7.44. The average molecular weight is 333 g/mol. The molecular formula is C15H19N5O4. The minimum Gasteiger partial charge on any atom is -0.480 e. The Hall–Kier alpha value is -2.97. The molecule has 0 unspecified atom stereocenters. The number of nitrogens with one attached hydrogen (secondary N) is 2. The van der Waals surface area contributed by atoms with Gasteiger partial charge in [0.2, 0.25) is 0 Å². The predicted molar refractivity (Wildman–Crippen MR) is 85.1 cm³/mol. The van der Waals surface area contributed by atoms with E-state index in [-0.39, 0.29) is 17.0 Å². The van der Waals surface area contributed by atoms with E-state index in [1.54, 1.807) is 6.92 Å². The summed E-state index contributed by atoms with van der Waals surface area (Å²) in [5.74, 6) is -1.12. The summed E-state index contributed by atoms with van der Waals surface area (Å²) in [7, 11) is 0. The molecule has 9 nitrogen and oxygen atoms in total. The first kappa shape index (κ1) is 17.4. The Morgan fingerprint density at radius 1 is 1.38 bits per heavy atom. The molecule has 0 radical (unpaired) electrons. The van der Waals surface area contributed by atoms with Crippen molar-refractivity contribution in [2.24, 2.45) is 5.92 Å². The predicted octanol–water partition coefficient (Wildman–Crippen LogP) is 0.493. The molecule has 2 aromatic heterocycles. The van der Waals surface area contributed by atoms with Gasteiger partial charge in [0.05, 0.1) is 17.5 Å². The highest BCUT2D eigenvalue weighted by atomic mass is 16.4. The van der Waals surface area contributed by atoms with Gasteiger partial charge in [0, 0.05) is 6.07 Å². The fraction of sp³-hybridized carbons (Fsp3) is 0.400. The number of carbonyl (C=O) groups is 2. The molecule has 2 rings (SSSR count). The van der Waals surface area contributed by atoms with E-state index < -0.39 is 17.9 Å². The smallest absolute Gasteiger partial charge is 0.326 e. The second kappa shape index (κ2) is 7.07. The molecule has 0 aromatic carbocycles. The third-order valence-corrected chi connectivity index (χ3v) is 3.45. The number of aliphatic carboxylic acids is 1. The number of hydrogen-bond donors (Lipinski definition) is 3. The molecule has 0 bridgehead atoms. The van der Waals surface area contributed by atoms with Crippen LogP contribution in [0.4, 0.5) is 0 Å². The summed E-state index contributed by atoms with van der Waals surface area (Å²) in [5, 5.41) is 21.9. The molecule has 24 heavy (non-hydrogen) atoms. The van der Waals surface area contributed by atoms with Gasteiger partial charge < -0.3 is 10.4 Å². The van der Waals surface area contributed by atoms with Gasteiger partial charge in [-0.15, -0.1) is 0 Å². The van der Waals surface area contributed by atoms with Crippen molar-refractivity contribution in [2.45, 2.75) is 33.2 Å². The molecule has 9 heteroatoms. The number of amides is 1. The minimum absolute atomic E-state index is 0.126. The quantitative estimate of drug-likeness (QED) is 0.705. The topological polar surface area (TPSA) is 130 Å². The van der Waals surface area contributed by atoms with Gasteiger partial charge in [-0.1, -0.05) is 13.8 Å². The SMILES string of the molecule is Cc1c(C(=O)N[C@H](CC(C)C)C(=O)O)cnn1-c1ccc(=O)[nH]n1. The molecule has 0 saturated heterocycles. The van der Waals surface area contributed by atoms with Gasteiger partial charge in [0.25, 0.3) is 11.5 Å². The number of carboxylic acid groups (broad SMARTS) is 1. The molecule has 3 N–H and O–H groups in total. The van der Waals surface area contributed by atoms with Crippen molar-refractivity contribution < 1.29 is 14.7 Å². The number of hydrogen-bond acceptors (Lipinski definition) is 5. The van der Waals surface area contributed by atoms with E-state index in [0.29, 0.717) is 17.9 Å². The van der Waals surface area contributed by atoms with Crippen molar-refractivity contribution in [1.82, 2.24) is 25.3 Å². The first-order chi connectivity index (χ1) is 11.3. The van der Waals surface area contributed by atoms with E-state index in [9.17, 15) is 19.5 Å². The molecular weight excluding hydrogens is 314 g/mol. The summed E-state index contributed by atoms with van der Waals surface area (Å²) in [6, 6.07) is 1.80. The zero-order chi connectivity index (χ0) is 17.9. The van der Waals surface area contributed by atoms with Gasteiger partial charge >= 0.3 is 5.97 Å². The zero-order valence-electron chi connectivity index (χ0n) is 13.6. The van der Waals surface area contributed by atoms with Crippen LogP contribution in [0, 0.1) is 12.8 Å². The summed E-state index contributed by atoms with van der Waals surface area (Å²) >= 11 is 0. The molecule has 128 valence electrons. The molecule has 0 aliphatic rings. The molecule has 1 amide bonds. The maximum absolute atomic E-state index is 12.4. The summed E-state index contributed by atoms with van der Waals surface area (Å²) in [5.41, 5.74) is 0.387. The van der Waals surface area contributed by atoms with E-state index in [1.807, 2.05) is 13.8 Å². The molecule has 0 saturated carbocycles. The van der Waals surface area contributed by atoms with Gasteiger partial charge in [-0.3, -0.25) is 9.59 Å². The van der Waals surface area contributed by atoms with Crippen molar-refractivity contribution in [1.29, 1.82) is 0 Å². The third-order valence-electron chi connectivity index (χ3n) is 3.45. The van der Waals surface area contributed by atoms with E-state index in [1.165, 1.54) is 23.0 Å². The van der Waals surface area contributed by atoms with E-state index in [4.69, 9.17) is 0 Å². The Morgan fingerprint density at radius 2 is 2.08 bits per heavy atom. The maximum Gasteiger partial charge on any atom is 0.326 e. The summed E-state index contributed by atoms with van der Waals surface area (Å²) < 4.78 is 1.39. The Morgan fingerprint density at radius 3 is 2.62 bits per heavy atom. The van der Waals surface area contributed by atoms with Crippen LogP contribution >= 0.6 is 0 Å². The van der Waals surface area contributed by atoms with Gasteiger partial charge in [0.1, 0.15) is 6.04 Å². The molecule has 0 spiro atoms. The minimum atomic E-state index is -1.08. The second-order valence-electron chi connectivity index (χ2n) is 5.83. The van der Waals surface area contributed by atoms with Crippen LogP contribution in [0.2, 0.25) is 0 Å². The highest BCUT2D eigenvalue weighted by Crippen LogP contribution is 2.12. The molecule has 0 fully saturated rings. The maximum atomic E-state index is 12.4. The van der Waals surface area contributed by atoms with Crippen LogP contribution in [-0.2, 0) is 4.79 Å². The Balaban J connectivity index is 2.23. The van der Waals surface area contributed by atoms with Gasteiger partial charge in [0.15, 0.2) is 5.82 Å². The number of H-pyrrole nitrogens is 1. The largest absolute Gasteiger partial charge is 0.480 e. The fourth-order valence-electron chi connectivity index (χ4n) is 2.25. The summed E-state index contributed by atoms with van der Waals surface area (Å²) in [6.07, 6.45) is 1.67. The number of aromatic amines is 1. The van der Waals surface area contributed by atoms with Crippen LogP contribution < -0.4 is 10.9 Å². The second-order valence-corrected chi connectivity index (χ2v) is 5.83. The van der Waals surface area contributed by atoms with E-state index >= 15 is 0 Å². The fourth-order valence-corrected chi connectivity index (χ4v) is 2.25. The zero-order valence-corrected chi connectivity index (χ0v) is 13.6. The Labute approximate surface area is 137 Å². The van der Waals surface area contributed by atoms with Crippen molar-refractivity contribution in [3.63, 3.8) is 0 Å². The lowest BCUT2D eigenvalue weighted by molar-refractivity contribution is -0.139. The number of nitrogens with zero attached hydrogens (tertiary/aromatic N) is 3. The first-order valence-corrected chi connectivity index (χ1v) is 7.44. The Bertz CT molecular complexity index is 788. The molecule has 0 aliphatic carbocycles. The number of carbonyl (C=O) groups excluding carboxylic acids is 1. The molecule has 2 aromatic rings. The summed E-state index contributed by atoms with van der Waals surface area (Å²) in [6.45, 7) is 5.42. The van der Waals surface area contributed by atoms with Crippen LogP contribution in [0.5, 0.6) is 0 Å². The van der Waals surface area contributed by atoms with Crippen LogP contribution in [0.1, 0.15) is 36.3 Å². The normalized spacial score (nSPS) is 12.2. The van der Waals surface area contributed by atoms with Crippen molar-refractivity contribution in [3.8, 4) is 5.82 Å². The van der Waals surface area contributed by atoms with Crippen molar-refractivity contribution >= 4 is 11.9 Å². The van der Waals surface area contributed by atoms with Gasteiger partial charge in [-0.25, -0.2) is 14.6 Å². The van der Waals surface area contributed by atoms with Crippen LogP contribution in [0.25, 0.3) is 5.82 Å². The molecule has 2 heterocycles. The number of aromatic nitrogens is 4. The lowest BCUT2D eigenvalue weighted by Gasteiger charge is -2.16. The number of carboxylic acids is 1. The van der Waals surface area contributed by atoms with Gasteiger partial charge in [-0.2, -0.15) is 10.2 Å². The molecule has 0 aliphatic heterocycles. The van der Waals surface area contributed by atoms with Crippen LogP contribution in [0.15, 0.2) is 23.1 Å². The molecule has 1 atom stereocenters. The van der Waals surface area contributed by atoms with Crippen LogP contribution in [0.3, 0.4) is 0 Å². The van der Waals surface area contributed by atoms with Crippen LogP contribution in [-0.4, -0.2) is 43.0 Å².